The average molecular weight is 349 g/mol. The lowest BCUT2D eigenvalue weighted by Crippen LogP contribution is -2.49. The summed E-state index contributed by atoms with van der Waals surface area (Å²) < 4.78 is 10.5. The number of amides is 1. The van der Waals surface area contributed by atoms with Crippen LogP contribution in [0.4, 0.5) is 4.79 Å². The molecule has 0 aliphatic carbocycles. The molecule has 0 spiro atoms. The number of ether oxygens (including phenoxy) is 2. The van der Waals surface area contributed by atoms with Crippen LogP contribution in [-0.4, -0.2) is 55.0 Å². The Morgan fingerprint density at radius 3 is 2.27 bits per heavy atom. The number of hydrogen-bond acceptors (Lipinski definition) is 7. The third-order valence-electron chi connectivity index (χ3n) is 3.35. The molecule has 8 heteroatoms. The van der Waals surface area contributed by atoms with Crippen LogP contribution in [-0.2, 0) is 14.3 Å². The topological polar surface area (TPSA) is 84.9 Å². The van der Waals surface area contributed by atoms with Crippen molar-refractivity contribution in [1.29, 1.82) is 0 Å². The number of carbonyl (C=O) groups excluding carboxylic acids is 2. The minimum Gasteiger partial charge on any atom is -0.469 e. The molecule has 1 fully saturated rings. The maximum atomic E-state index is 12.0. The second-order valence-corrected chi connectivity index (χ2v) is 7.39. The van der Waals surface area contributed by atoms with Gasteiger partial charge in [-0.2, -0.15) is 0 Å². The maximum absolute atomic E-state index is 12.0. The number of aliphatic hydroxyl groups excluding tert-OH is 1. The molecule has 0 bridgehead atoms. The van der Waals surface area contributed by atoms with E-state index in [-0.39, 0.29) is 0 Å². The molecule has 1 aliphatic rings. The van der Waals surface area contributed by atoms with Crippen LogP contribution in [0.25, 0.3) is 0 Å². The normalized spacial score (nSPS) is 18.9. The minimum absolute atomic E-state index is 0.567. The summed E-state index contributed by atoms with van der Waals surface area (Å²) in [6.07, 6.45) is -0.494. The van der Waals surface area contributed by atoms with Gasteiger partial charge in [0.25, 0.3) is 0 Å². The molecule has 1 rings (SSSR count). The van der Waals surface area contributed by atoms with Crippen LogP contribution in [0, 0.1) is 5.92 Å². The summed E-state index contributed by atoms with van der Waals surface area (Å²) in [5.74, 6) is 0.548. The van der Waals surface area contributed by atoms with Gasteiger partial charge in [-0.25, -0.2) is 4.79 Å². The fraction of sp³-hybridized carbons (Fsp3) is 0.714. The number of carbonyl (C=O) groups is 2. The zero-order chi connectivity index (χ0) is 16.7. The van der Waals surface area contributed by atoms with Gasteiger partial charge in [-0.1, -0.05) is 0 Å². The van der Waals surface area contributed by atoms with E-state index in [2.05, 4.69) is 10.1 Å². The largest absolute Gasteiger partial charge is 0.469 e. The van der Waals surface area contributed by atoms with Crippen LogP contribution in [0.3, 0.4) is 0 Å². The van der Waals surface area contributed by atoms with E-state index in [0.29, 0.717) is 0 Å². The van der Waals surface area contributed by atoms with E-state index < -0.39 is 30.1 Å². The van der Waals surface area contributed by atoms with Crippen molar-refractivity contribution in [2.24, 2.45) is 5.92 Å². The van der Waals surface area contributed by atoms with Gasteiger partial charge in [0.05, 0.1) is 26.4 Å². The molecule has 2 N–H and O–H groups in total. The number of methoxy groups -OCH3 is 2. The van der Waals surface area contributed by atoms with E-state index in [1.807, 2.05) is 6.92 Å². The first-order valence-corrected chi connectivity index (χ1v) is 8.96. The van der Waals surface area contributed by atoms with Gasteiger partial charge in [0.2, 0.25) is 0 Å². The zero-order valence-electron chi connectivity index (χ0n) is 13.3. The third-order valence-corrected chi connectivity index (χ3v) is 6.22. The second-order valence-electron chi connectivity index (χ2n) is 4.92. The SMILES string of the molecule is COC(=O)NC(C(C)=C1SCCCS1)[C@@H](C(=O)OC)[C@@H](C)O. The van der Waals surface area contributed by atoms with Crippen molar-refractivity contribution in [1.82, 2.24) is 5.32 Å². The molecular formula is C14H23NO5S2. The molecule has 1 saturated heterocycles. The van der Waals surface area contributed by atoms with Crippen molar-refractivity contribution in [3.63, 3.8) is 0 Å². The quantitative estimate of drug-likeness (QED) is 0.734. The lowest BCUT2D eigenvalue weighted by Gasteiger charge is -2.30. The van der Waals surface area contributed by atoms with Gasteiger partial charge in [-0.05, 0) is 37.3 Å². The third kappa shape index (κ3) is 5.10. The van der Waals surface area contributed by atoms with Crippen molar-refractivity contribution in [2.45, 2.75) is 32.4 Å². The highest BCUT2D eigenvalue weighted by Crippen LogP contribution is 2.39. The number of thioether (sulfide) groups is 2. The Hall–Kier alpha value is -0.860. The van der Waals surface area contributed by atoms with Gasteiger partial charge in [0.1, 0.15) is 5.92 Å². The van der Waals surface area contributed by atoms with Gasteiger partial charge >= 0.3 is 12.1 Å². The van der Waals surface area contributed by atoms with Crippen molar-refractivity contribution >= 4 is 35.6 Å². The molecule has 0 saturated carbocycles. The molecule has 6 nitrogen and oxygen atoms in total. The summed E-state index contributed by atoms with van der Waals surface area (Å²) in [7, 11) is 2.52. The molecule has 1 unspecified atom stereocenters. The summed E-state index contributed by atoms with van der Waals surface area (Å²) >= 11 is 3.40. The van der Waals surface area contributed by atoms with Gasteiger partial charge in [0.15, 0.2) is 0 Å². The predicted octanol–water partition coefficient (Wildman–Crippen LogP) is 1.98. The molecule has 0 radical (unpaired) electrons. The van der Waals surface area contributed by atoms with Gasteiger partial charge in [0, 0.05) is 4.24 Å². The number of alkyl carbamates (subject to hydrolysis) is 1. The number of esters is 1. The highest BCUT2D eigenvalue weighted by Gasteiger charge is 2.37. The average Bonchev–Trinajstić information content (AvgIpc) is 2.53. The van der Waals surface area contributed by atoms with E-state index in [4.69, 9.17) is 4.74 Å². The second kappa shape index (κ2) is 9.32. The van der Waals surface area contributed by atoms with Crippen LogP contribution < -0.4 is 5.32 Å². The Balaban J connectivity index is 3.14. The van der Waals surface area contributed by atoms with Crippen LogP contribution in [0.15, 0.2) is 9.81 Å². The molecule has 0 aromatic rings. The highest BCUT2D eigenvalue weighted by molar-refractivity contribution is 8.22. The summed E-state index contributed by atoms with van der Waals surface area (Å²) in [6, 6.07) is -0.673. The van der Waals surface area contributed by atoms with E-state index >= 15 is 0 Å². The number of aliphatic hydroxyl groups is 1. The Labute approximate surface area is 139 Å². The standard InChI is InChI=1S/C14H23NO5S2/c1-8(13-21-6-5-7-22-13)11(15-14(18)20-4)10(9(2)16)12(17)19-3/h9-11,16H,5-7H2,1-4H3,(H,15,18)/t9-,10+,11?/m1/s1. The molecular weight excluding hydrogens is 326 g/mol. The summed E-state index contributed by atoms with van der Waals surface area (Å²) in [4.78, 5) is 23.7. The highest BCUT2D eigenvalue weighted by atomic mass is 32.2. The van der Waals surface area contributed by atoms with Gasteiger partial charge in [-0.3, -0.25) is 4.79 Å². The molecule has 0 aromatic heterocycles. The molecule has 126 valence electrons. The fourth-order valence-electron chi connectivity index (χ4n) is 2.19. The van der Waals surface area contributed by atoms with Gasteiger partial charge in [-0.15, -0.1) is 23.5 Å². The van der Waals surface area contributed by atoms with E-state index in [1.165, 1.54) is 21.1 Å². The Morgan fingerprint density at radius 2 is 1.82 bits per heavy atom. The van der Waals surface area contributed by atoms with Crippen LogP contribution in [0.2, 0.25) is 0 Å². The lowest BCUT2D eigenvalue weighted by molar-refractivity contribution is -0.149. The molecule has 0 aromatic carbocycles. The molecule has 1 heterocycles. The predicted molar refractivity (Wildman–Crippen MR) is 88.7 cm³/mol. The number of nitrogens with one attached hydrogen (secondary N) is 1. The number of hydrogen-bond donors (Lipinski definition) is 2. The lowest BCUT2D eigenvalue weighted by atomic mass is 9.90. The monoisotopic (exact) mass is 349 g/mol. The smallest absolute Gasteiger partial charge is 0.407 e. The van der Waals surface area contributed by atoms with E-state index in [9.17, 15) is 14.7 Å². The molecule has 1 amide bonds. The van der Waals surface area contributed by atoms with Crippen molar-refractivity contribution in [3.8, 4) is 0 Å². The van der Waals surface area contributed by atoms with Crippen molar-refractivity contribution in [3.05, 3.63) is 9.81 Å². The Morgan fingerprint density at radius 1 is 1.23 bits per heavy atom. The van der Waals surface area contributed by atoms with Crippen LogP contribution in [0.5, 0.6) is 0 Å². The summed E-state index contributed by atoms with van der Waals surface area (Å²) in [6.45, 7) is 3.37. The first-order chi connectivity index (χ1) is 10.4. The zero-order valence-corrected chi connectivity index (χ0v) is 14.9. The Kier molecular flexibility index (Phi) is 8.13. The molecule has 3 atom stereocenters. The first-order valence-electron chi connectivity index (χ1n) is 6.99. The van der Waals surface area contributed by atoms with Crippen molar-refractivity contribution in [2.75, 3.05) is 25.7 Å². The number of rotatable bonds is 5. The summed E-state index contributed by atoms with van der Waals surface area (Å²) in [5, 5.41) is 12.6. The first kappa shape index (κ1) is 19.2. The minimum atomic E-state index is -0.969. The Bertz CT molecular complexity index is 431. The maximum Gasteiger partial charge on any atom is 0.407 e. The summed E-state index contributed by atoms with van der Waals surface area (Å²) in [5.41, 5.74) is 0.844. The molecule has 1 aliphatic heterocycles. The van der Waals surface area contributed by atoms with Crippen molar-refractivity contribution < 1.29 is 24.2 Å². The fourth-order valence-corrected chi connectivity index (χ4v) is 4.86. The van der Waals surface area contributed by atoms with Crippen LogP contribution >= 0.6 is 23.5 Å². The van der Waals surface area contributed by atoms with E-state index in [0.717, 1.165) is 27.7 Å². The van der Waals surface area contributed by atoms with Gasteiger partial charge < -0.3 is 19.9 Å². The van der Waals surface area contributed by atoms with Crippen LogP contribution in [0.1, 0.15) is 20.3 Å². The van der Waals surface area contributed by atoms with E-state index in [1.54, 1.807) is 23.5 Å². The molecule has 22 heavy (non-hydrogen) atoms.